The molecule has 0 aliphatic heterocycles. The van der Waals surface area contributed by atoms with Crippen LogP contribution in [0, 0.1) is 0 Å². The van der Waals surface area contributed by atoms with Crippen LogP contribution in [-0.2, 0) is 9.47 Å². The normalized spacial score (nSPS) is 12.8. The van der Waals surface area contributed by atoms with Gasteiger partial charge in [0.2, 0.25) is 0 Å². The Balaban J connectivity index is 2.73. The summed E-state index contributed by atoms with van der Waals surface area (Å²) >= 11 is 9.47. The number of halogens is 2. The van der Waals surface area contributed by atoms with Crippen LogP contribution in [0.5, 0.6) is 0 Å². The molecule has 90 valence electrons. The van der Waals surface area contributed by atoms with Crippen LogP contribution in [0.1, 0.15) is 31.9 Å². The van der Waals surface area contributed by atoms with Crippen molar-refractivity contribution in [2.45, 2.75) is 26.4 Å². The highest BCUT2D eigenvalue weighted by atomic mass is 79.9. The third-order valence-corrected chi connectivity index (χ3v) is 3.19. The van der Waals surface area contributed by atoms with Gasteiger partial charge in [0, 0.05) is 16.1 Å². The van der Waals surface area contributed by atoms with E-state index in [1.54, 1.807) is 0 Å². The molecule has 0 fully saturated rings. The molecule has 0 amide bonds. The van der Waals surface area contributed by atoms with Gasteiger partial charge in [0.05, 0.1) is 6.10 Å². The molecule has 0 N–H and O–H groups in total. The van der Waals surface area contributed by atoms with Crippen LogP contribution < -0.4 is 0 Å². The first kappa shape index (κ1) is 14.0. The van der Waals surface area contributed by atoms with Crippen molar-refractivity contribution in [1.29, 1.82) is 0 Å². The van der Waals surface area contributed by atoms with Gasteiger partial charge in [0.1, 0.15) is 6.79 Å². The van der Waals surface area contributed by atoms with Gasteiger partial charge in [-0.3, -0.25) is 0 Å². The van der Waals surface area contributed by atoms with Crippen molar-refractivity contribution in [1.82, 2.24) is 0 Å². The molecule has 0 heterocycles. The average molecular weight is 308 g/mol. The van der Waals surface area contributed by atoms with Gasteiger partial charge in [-0.15, -0.1) is 0 Å². The topological polar surface area (TPSA) is 18.5 Å². The minimum Gasteiger partial charge on any atom is -0.356 e. The second kappa shape index (κ2) is 7.28. The van der Waals surface area contributed by atoms with Crippen LogP contribution in [0.25, 0.3) is 0 Å². The molecule has 0 saturated heterocycles. The van der Waals surface area contributed by atoms with Gasteiger partial charge in [0.25, 0.3) is 0 Å². The van der Waals surface area contributed by atoms with Gasteiger partial charge < -0.3 is 9.47 Å². The second-order valence-corrected chi connectivity index (χ2v) is 4.63. The number of rotatable bonds is 6. The van der Waals surface area contributed by atoms with Crippen LogP contribution in [0.4, 0.5) is 0 Å². The Labute approximate surface area is 110 Å². The molecule has 0 aromatic heterocycles. The molecule has 1 aromatic carbocycles. The summed E-state index contributed by atoms with van der Waals surface area (Å²) in [5.41, 5.74) is 1.06. The average Bonchev–Trinajstić information content (AvgIpc) is 2.28. The molecule has 0 saturated carbocycles. The number of hydrogen-bond acceptors (Lipinski definition) is 2. The molecule has 1 rings (SSSR count). The lowest BCUT2D eigenvalue weighted by Gasteiger charge is -2.18. The largest absolute Gasteiger partial charge is 0.356 e. The Hall–Kier alpha value is -0.0900. The zero-order chi connectivity index (χ0) is 12.0. The van der Waals surface area contributed by atoms with E-state index in [0.29, 0.717) is 13.4 Å². The Kier molecular flexibility index (Phi) is 6.36. The first-order chi connectivity index (χ1) is 7.69. The molecule has 2 nitrogen and oxygen atoms in total. The summed E-state index contributed by atoms with van der Waals surface area (Å²) < 4.78 is 11.8. The molecular formula is C12H16BrClO2. The number of ether oxygens (including phenoxy) is 2. The van der Waals surface area contributed by atoms with Gasteiger partial charge in [0.15, 0.2) is 0 Å². The predicted octanol–water partition coefficient (Wildman–Crippen LogP) is 4.56. The summed E-state index contributed by atoms with van der Waals surface area (Å²) in [6.07, 6.45) is 0.895. The zero-order valence-electron chi connectivity index (χ0n) is 9.50. The Morgan fingerprint density at radius 2 is 2.12 bits per heavy atom. The van der Waals surface area contributed by atoms with Gasteiger partial charge in [-0.05, 0) is 37.1 Å². The molecular weight excluding hydrogens is 291 g/mol. The van der Waals surface area contributed by atoms with E-state index in [0.717, 1.165) is 21.5 Å². The van der Waals surface area contributed by atoms with E-state index >= 15 is 0 Å². The summed E-state index contributed by atoms with van der Waals surface area (Å²) in [7, 11) is 0. The quantitative estimate of drug-likeness (QED) is 0.566. The molecule has 0 unspecified atom stereocenters. The molecule has 0 bridgehead atoms. The van der Waals surface area contributed by atoms with Gasteiger partial charge >= 0.3 is 0 Å². The van der Waals surface area contributed by atoms with Crippen molar-refractivity contribution in [3.8, 4) is 0 Å². The Morgan fingerprint density at radius 1 is 1.38 bits per heavy atom. The minimum atomic E-state index is 0.0135. The fraction of sp³-hybridized carbons (Fsp3) is 0.500. The summed E-state index contributed by atoms with van der Waals surface area (Å²) in [6, 6.07) is 5.71. The fourth-order valence-electron chi connectivity index (χ4n) is 1.40. The summed E-state index contributed by atoms with van der Waals surface area (Å²) in [5, 5.41) is 0.719. The lowest BCUT2D eigenvalue weighted by atomic mass is 10.1. The highest BCUT2D eigenvalue weighted by Gasteiger charge is 2.13. The van der Waals surface area contributed by atoms with E-state index in [4.69, 9.17) is 21.1 Å². The lowest BCUT2D eigenvalue weighted by molar-refractivity contribution is -0.0888. The van der Waals surface area contributed by atoms with Crippen LogP contribution >= 0.6 is 27.5 Å². The highest BCUT2D eigenvalue weighted by Crippen LogP contribution is 2.30. The number of hydrogen-bond donors (Lipinski definition) is 0. The molecule has 16 heavy (non-hydrogen) atoms. The first-order valence-corrected chi connectivity index (χ1v) is 6.50. The van der Waals surface area contributed by atoms with Gasteiger partial charge in [-0.1, -0.05) is 34.5 Å². The molecule has 0 aliphatic rings. The third-order valence-electron chi connectivity index (χ3n) is 2.23. The molecule has 1 atom stereocenters. The Bertz CT molecular complexity index is 331. The van der Waals surface area contributed by atoms with Crippen molar-refractivity contribution < 1.29 is 9.47 Å². The summed E-state index contributed by atoms with van der Waals surface area (Å²) in [5.74, 6) is 0. The van der Waals surface area contributed by atoms with Crippen LogP contribution in [-0.4, -0.2) is 13.4 Å². The van der Waals surface area contributed by atoms with E-state index in [2.05, 4.69) is 22.9 Å². The van der Waals surface area contributed by atoms with Gasteiger partial charge in [-0.2, -0.15) is 0 Å². The zero-order valence-corrected chi connectivity index (χ0v) is 11.8. The van der Waals surface area contributed by atoms with E-state index in [9.17, 15) is 0 Å². The number of benzene rings is 1. The van der Waals surface area contributed by atoms with Gasteiger partial charge in [-0.25, -0.2) is 0 Å². The van der Waals surface area contributed by atoms with Crippen molar-refractivity contribution in [2.75, 3.05) is 13.4 Å². The maximum absolute atomic E-state index is 5.97. The molecule has 0 spiro atoms. The molecule has 0 aliphatic carbocycles. The summed E-state index contributed by atoms with van der Waals surface area (Å²) in [6.45, 7) is 4.99. The maximum atomic E-state index is 5.97. The SMILES string of the molecule is CCOCO[C@H](CC)c1cc(Cl)ccc1Br. The van der Waals surface area contributed by atoms with Crippen LogP contribution in [0.3, 0.4) is 0 Å². The Morgan fingerprint density at radius 3 is 2.75 bits per heavy atom. The van der Waals surface area contributed by atoms with Crippen molar-refractivity contribution >= 4 is 27.5 Å². The first-order valence-electron chi connectivity index (χ1n) is 5.33. The maximum Gasteiger partial charge on any atom is 0.147 e. The smallest absolute Gasteiger partial charge is 0.147 e. The van der Waals surface area contributed by atoms with Crippen LogP contribution in [0.2, 0.25) is 5.02 Å². The summed E-state index contributed by atoms with van der Waals surface area (Å²) in [4.78, 5) is 0. The standard InChI is InChI=1S/C12H16BrClO2/c1-3-12(16-8-15-4-2)10-7-9(14)5-6-11(10)13/h5-7,12H,3-4,8H2,1-2H3/t12-/m1/s1. The third kappa shape index (κ3) is 4.06. The van der Waals surface area contributed by atoms with Crippen molar-refractivity contribution in [3.63, 3.8) is 0 Å². The highest BCUT2D eigenvalue weighted by molar-refractivity contribution is 9.10. The monoisotopic (exact) mass is 306 g/mol. The molecule has 0 radical (unpaired) electrons. The van der Waals surface area contributed by atoms with Crippen molar-refractivity contribution in [2.24, 2.45) is 0 Å². The van der Waals surface area contributed by atoms with E-state index in [1.165, 1.54) is 0 Å². The van der Waals surface area contributed by atoms with E-state index < -0.39 is 0 Å². The molecule has 4 heteroatoms. The fourth-order valence-corrected chi connectivity index (χ4v) is 2.08. The predicted molar refractivity (Wildman–Crippen MR) is 69.8 cm³/mol. The second-order valence-electron chi connectivity index (χ2n) is 3.34. The van der Waals surface area contributed by atoms with Crippen molar-refractivity contribution in [3.05, 3.63) is 33.3 Å². The van der Waals surface area contributed by atoms with E-state index in [-0.39, 0.29) is 6.10 Å². The van der Waals surface area contributed by atoms with E-state index in [1.807, 2.05) is 25.1 Å². The lowest BCUT2D eigenvalue weighted by Crippen LogP contribution is -2.07. The van der Waals surface area contributed by atoms with Crippen LogP contribution in [0.15, 0.2) is 22.7 Å². The minimum absolute atomic E-state index is 0.0135. The molecule has 1 aromatic rings.